The summed E-state index contributed by atoms with van der Waals surface area (Å²) in [6.45, 7) is -0.0361. The van der Waals surface area contributed by atoms with E-state index in [1.807, 2.05) is 6.07 Å². The van der Waals surface area contributed by atoms with Crippen LogP contribution in [0.4, 0.5) is 5.82 Å². The number of benzene rings is 1. The Kier molecular flexibility index (Phi) is 5.80. The van der Waals surface area contributed by atoms with Crippen LogP contribution in [0.5, 0.6) is 0 Å². The molecule has 0 unspecified atom stereocenters. The van der Waals surface area contributed by atoms with Gasteiger partial charge >= 0.3 is 5.97 Å². The van der Waals surface area contributed by atoms with Crippen LogP contribution in [0.1, 0.15) is 47.8 Å². The number of hydrogen-bond donors (Lipinski definition) is 1. The number of carbonyl (C=O) groups excluding carboxylic acids is 1. The summed E-state index contributed by atoms with van der Waals surface area (Å²) in [6.07, 6.45) is 6.07. The molecule has 0 fully saturated rings. The molecule has 0 amide bonds. The molecule has 9 heteroatoms. The van der Waals surface area contributed by atoms with Crippen molar-refractivity contribution in [2.45, 2.75) is 51.6 Å². The molecule has 1 aliphatic carbocycles. The van der Waals surface area contributed by atoms with E-state index < -0.39 is 5.97 Å². The summed E-state index contributed by atoms with van der Waals surface area (Å²) in [5.41, 5.74) is 8.05. The fraction of sp³-hybridized carbons (Fsp3) is 0.375. The van der Waals surface area contributed by atoms with Crippen LogP contribution >= 0.6 is 11.3 Å². The molecule has 170 valence electrons. The van der Waals surface area contributed by atoms with Crippen LogP contribution in [-0.4, -0.2) is 25.5 Å². The molecule has 0 bridgehead atoms. The standard InChI is InChI=1S/C24H25N5O3S/c1-29-19(26-16-9-6-5-7-14(16)24(29)31)11-12-20(30)32-13-18-27-22(25)21-15-8-3-2-4-10-17(15)33-23(21)28-18/h5-7,9H,2-4,8,10-13H2,1H3,(H2,25,27,28). The Balaban J connectivity index is 1.26. The van der Waals surface area contributed by atoms with Crippen molar-refractivity contribution in [2.75, 3.05) is 5.73 Å². The minimum absolute atomic E-state index is 0.0361. The molecule has 8 nitrogen and oxygen atoms in total. The molecule has 2 N–H and O–H groups in total. The third kappa shape index (κ3) is 4.20. The minimum atomic E-state index is -0.401. The number of thiophene rings is 1. The molecule has 0 radical (unpaired) electrons. The maximum Gasteiger partial charge on any atom is 0.306 e. The number of aryl methyl sites for hydroxylation is 3. The molecule has 1 aromatic carbocycles. The van der Waals surface area contributed by atoms with E-state index in [9.17, 15) is 9.59 Å². The molecule has 0 atom stereocenters. The van der Waals surface area contributed by atoms with Crippen LogP contribution in [0.25, 0.3) is 21.1 Å². The highest BCUT2D eigenvalue weighted by atomic mass is 32.1. The lowest BCUT2D eigenvalue weighted by atomic mass is 10.1. The fourth-order valence-corrected chi connectivity index (χ4v) is 5.68. The van der Waals surface area contributed by atoms with Crippen LogP contribution in [0.2, 0.25) is 0 Å². The zero-order valence-electron chi connectivity index (χ0n) is 18.5. The first-order valence-electron chi connectivity index (χ1n) is 11.2. The fourth-order valence-electron chi connectivity index (χ4n) is 4.39. The van der Waals surface area contributed by atoms with Crippen LogP contribution in [0.15, 0.2) is 29.1 Å². The molecule has 0 saturated carbocycles. The van der Waals surface area contributed by atoms with Crippen molar-refractivity contribution >= 4 is 44.2 Å². The SMILES string of the molecule is Cn1c(CCC(=O)OCc2nc(N)c3c4c(sc3n2)CCCCC4)nc2ccccc2c1=O. The van der Waals surface area contributed by atoms with Gasteiger partial charge in [-0.05, 0) is 43.4 Å². The van der Waals surface area contributed by atoms with E-state index in [0.717, 1.165) is 29.5 Å². The maximum absolute atomic E-state index is 12.5. The van der Waals surface area contributed by atoms with Gasteiger partial charge in [0.1, 0.15) is 16.5 Å². The first-order chi connectivity index (χ1) is 16.0. The van der Waals surface area contributed by atoms with E-state index in [2.05, 4.69) is 15.0 Å². The Bertz CT molecular complexity index is 1430. The van der Waals surface area contributed by atoms with Gasteiger partial charge < -0.3 is 10.5 Å². The van der Waals surface area contributed by atoms with Crippen molar-refractivity contribution in [1.82, 2.24) is 19.5 Å². The summed E-state index contributed by atoms with van der Waals surface area (Å²) >= 11 is 1.67. The van der Waals surface area contributed by atoms with Gasteiger partial charge in [0.2, 0.25) is 0 Å². The second-order valence-corrected chi connectivity index (χ2v) is 9.42. The predicted octanol–water partition coefficient (Wildman–Crippen LogP) is 3.47. The average Bonchev–Trinajstić information content (AvgIpc) is 3.01. The van der Waals surface area contributed by atoms with Crippen LogP contribution in [0.3, 0.4) is 0 Å². The smallest absolute Gasteiger partial charge is 0.306 e. The topological polar surface area (TPSA) is 113 Å². The van der Waals surface area contributed by atoms with E-state index in [4.69, 9.17) is 10.5 Å². The zero-order chi connectivity index (χ0) is 22.9. The Hall–Kier alpha value is -3.33. The lowest BCUT2D eigenvalue weighted by Crippen LogP contribution is -2.23. The van der Waals surface area contributed by atoms with E-state index in [1.165, 1.54) is 27.8 Å². The monoisotopic (exact) mass is 463 g/mol. The van der Waals surface area contributed by atoms with Gasteiger partial charge in [0, 0.05) is 18.3 Å². The van der Waals surface area contributed by atoms with Gasteiger partial charge in [-0.15, -0.1) is 11.3 Å². The predicted molar refractivity (Wildman–Crippen MR) is 128 cm³/mol. The average molecular weight is 464 g/mol. The Labute approximate surface area is 194 Å². The Morgan fingerprint density at radius 1 is 1.15 bits per heavy atom. The molecule has 3 aromatic heterocycles. The molecule has 1 aliphatic rings. The van der Waals surface area contributed by atoms with Crippen LogP contribution in [0, 0.1) is 0 Å². The molecule has 0 saturated heterocycles. The van der Waals surface area contributed by atoms with Gasteiger partial charge in [0.15, 0.2) is 12.4 Å². The van der Waals surface area contributed by atoms with Crippen LogP contribution in [-0.2, 0) is 42.4 Å². The van der Waals surface area contributed by atoms with E-state index >= 15 is 0 Å². The van der Waals surface area contributed by atoms with Gasteiger partial charge in [0.05, 0.1) is 22.7 Å². The number of carbonyl (C=O) groups is 1. The van der Waals surface area contributed by atoms with Crippen molar-refractivity contribution < 1.29 is 9.53 Å². The Morgan fingerprint density at radius 2 is 1.97 bits per heavy atom. The van der Waals surface area contributed by atoms with Gasteiger partial charge in [-0.1, -0.05) is 18.6 Å². The van der Waals surface area contributed by atoms with Crippen molar-refractivity contribution in [3.63, 3.8) is 0 Å². The molecule has 0 aliphatic heterocycles. The normalized spacial score (nSPS) is 13.7. The van der Waals surface area contributed by atoms with Gasteiger partial charge in [-0.3, -0.25) is 14.2 Å². The molecule has 3 heterocycles. The number of ether oxygens (including phenoxy) is 1. The third-order valence-corrected chi connectivity index (χ3v) is 7.32. The van der Waals surface area contributed by atoms with Gasteiger partial charge in [-0.2, -0.15) is 0 Å². The number of nitrogens with zero attached hydrogens (tertiary/aromatic N) is 4. The largest absolute Gasteiger partial charge is 0.457 e. The maximum atomic E-state index is 12.5. The summed E-state index contributed by atoms with van der Waals surface area (Å²) in [4.78, 5) is 40.7. The highest BCUT2D eigenvalue weighted by molar-refractivity contribution is 7.19. The lowest BCUT2D eigenvalue weighted by molar-refractivity contribution is -0.145. The third-order valence-electron chi connectivity index (χ3n) is 6.13. The van der Waals surface area contributed by atoms with Crippen molar-refractivity contribution in [1.29, 1.82) is 0 Å². The number of nitrogens with two attached hydrogens (primary N) is 1. The second-order valence-electron chi connectivity index (χ2n) is 8.34. The first-order valence-corrected chi connectivity index (χ1v) is 12.0. The number of anilines is 1. The first kappa shape index (κ1) is 21.5. The molecule has 0 spiro atoms. The summed E-state index contributed by atoms with van der Waals surface area (Å²) in [7, 11) is 1.66. The highest BCUT2D eigenvalue weighted by Crippen LogP contribution is 2.37. The lowest BCUT2D eigenvalue weighted by Gasteiger charge is -2.09. The number of nitrogen functional groups attached to an aromatic ring is 1. The number of hydrogen-bond acceptors (Lipinski definition) is 8. The number of esters is 1. The summed E-state index contributed by atoms with van der Waals surface area (Å²) in [5.74, 6) is 1.00. The van der Waals surface area contributed by atoms with Crippen molar-refractivity contribution in [2.24, 2.45) is 7.05 Å². The summed E-state index contributed by atoms with van der Waals surface area (Å²) in [5, 5.41) is 1.53. The second kappa shape index (κ2) is 8.90. The van der Waals surface area contributed by atoms with E-state index in [0.29, 0.717) is 34.8 Å². The van der Waals surface area contributed by atoms with Gasteiger partial charge in [0.25, 0.3) is 5.56 Å². The molecular formula is C24H25N5O3S. The van der Waals surface area contributed by atoms with E-state index in [-0.39, 0.29) is 18.6 Å². The van der Waals surface area contributed by atoms with E-state index in [1.54, 1.807) is 36.6 Å². The summed E-state index contributed by atoms with van der Waals surface area (Å²) < 4.78 is 6.88. The number of fused-ring (bicyclic) bond motifs is 4. The van der Waals surface area contributed by atoms with Gasteiger partial charge in [-0.25, -0.2) is 15.0 Å². The highest BCUT2D eigenvalue weighted by Gasteiger charge is 2.20. The zero-order valence-corrected chi connectivity index (χ0v) is 19.3. The van der Waals surface area contributed by atoms with Crippen molar-refractivity contribution in [3.05, 3.63) is 56.7 Å². The number of para-hydroxylation sites is 1. The van der Waals surface area contributed by atoms with Crippen molar-refractivity contribution in [3.8, 4) is 0 Å². The molecular weight excluding hydrogens is 438 g/mol. The molecule has 4 aromatic rings. The quantitative estimate of drug-likeness (QED) is 0.356. The summed E-state index contributed by atoms with van der Waals surface area (Å²) in [6, 6.07) is 7.18. The van der Waals surface area contributed by atoms with Crippen LogP contribution < -0.4 is 11.3 Å². The number of aromatic nitrogens is 4. The molecule has 33 heavy (non-hydrogen) atoms. The minimum Gasteiger partial charge on any atom is -0.457 e. The Morgan fingerprint density at radius 3 is 2.85 bits per heavy atom. The molecule has 5 rings (SSSR count). The number of rotatable bonds is 5.